The van der Waals surface area contributed by atoms with E-state index in [4.69, 9.17) is 30.5 Å². The summed E-state index contributed by atoms with van der Waals surface area (Å²) in [5, 5.41) is 13.2. The minimum atomic E-state index is -0.963. The lowest BCUT2D eigenvalue weighted by atomic mass is 9.90. The molecule has 454 valence electrons. The van der Waals surface area contributed by atoms with Crippen molar-refractivity contribution in [2.75, 3.05) is 30.0 Å². The van der Waals surface area contributed by atoms with Crippen molar-refractivity contribution in [1.29, 1.82) is 0 Å². The minimum Gasteiger partial charge on any atom is -0.481 e. The molecule has 2 N–H and O–H groups in total. The quantitative estimate of drug-likeness (QED) is 0.0362. The molecule has 0 bridgehead atoms. The number of anilines is 3. The highest BCUT2D eigenvalue weighted by Crippen LogP contribution is 2.38. The largest absolute Gasteiger partial charge is 0.481 e. The second-order valence-electron chi connectivity index (χ2n) is 23.6. The van der Waals surface area contributed by atoms with Crippen molar-refractivity contribution in [3.8, 4) is 0 Å². The highest BCUT2D eigenvalue weighted by molar-refractivity contribution is 6.29. The van der Waals surface area contributed by atoms with Gasteiger partial charge in [-0.25, -0.2) is 9.97 Å². The maximum Gasteiger partial charge on any atom is 0.306 e. The molecular formula is C65H107ClN4O10. The van der Waals surface area contributed by atoms with E-state index in [1.165, 1.54) is 135 Å². The van der Waals surface area contributed by atoms with Gasteiger partial charge in [0.1, 0.15) is 30.3 Å². The second kappa shape index (κ2) is 43.3. The predicted molar refractivity (Wildman–Crippen MR) is 323 cm³/mol. The van der Waals surface area contributed by atoms with E-state index >= 15 is 0 Å². The van der Waals surface area contributed by atoms with Gasteiger partial charge in [0, 0.05) is 38.3 Å². The number of halogens is 1. The van der Waals surface area contributed by atoms with Gasteiger partial charge in [0.2, 0.25) is 0 Å². The number of aromatic nitrogens is 2. The van der Waals surface area contributed by atoms with Gasteiger partial charge < -0.3 is 34.3 Å². The summed E-state index contributed by atoms with van der Waals surface area (Å²) in [6.45, 7) is 12.9. The molecule has 0 aliphatic heterocycles. The Morgan fingerprint density at radius 1 is 0.613 bits per heavy atom. The molecule has 1 aromatic heterocycles. The van der Waals surface area contributed by atoms with Gasteiger partial charge in [-0.15, -0.1) is 0 Å². The Kier molecular flexibility index (Phi) is 37.7. The number of nitrogens with one attached hydrogen (secondary N) is 1. The number of unbranched alkanes of at least 4 members (excludes halogenated alkanes) is 24. The third-order valence-corrected chi connectivity index (χ3v) is 15.6. The second-order valence-corrected chi connectivity index (χ2v) is 24.0. The predicted octanol–water partition coefficient (Wildman–Crippen LogP) is 17.1. The summed E-state index contributed by atoms with van der Waals surface area (Å²) < 4.78 is 23.0. The number of benzene rings is 1. The molecule has 2 aromatic rings. The van der Waals surface area contributed by atoms with E-state index in [-0.39, 0.29) is 92.4 Å². The Morgan fingerprint density at radius 2 is 1.09 bits per heavy atom. The van der Waals surface area contributed by atoms with Crippen molar-refractivity contribution in [2.45, 2.75) is 290 Å². The van der Waals surface area contributed by atoms with Crippen LogP contribution in [0.5, 0.6) is 0 Å². The Balaban J connectivity index is 1.49. The molecule has 0 amide bonds. The molecule has 3 rings (SSSR count). The van der Waals surface area contributed by atoms with Crippen LogP contribution >= 0.6 is 11.6 Å². The molecule has 0 saturated heterocycles. The van der Waals surface area contributed by atoms with E-state index in [9.17, 15) is 29.1 Å². The Bertz CT molecular complexity index is 1950. The number of carboxylic acid groups (broad SMARTS) is 1. The molecule has 1 fully saturated rings. The van der Waals surface area contributed by atoms with E-state index in [0.29, 0.717) is 24.6 Å². The van der Waals surface area contributed by atoms with Gasteiger partial charge >= 0.3 is 29.8 Å². The van der Waals surface area contributed by atoms with Crippen LogP contribution in [0.25, 0.3) is 0 Å². The van der Waals surface area contributed by atoms with Crippen molar-refractivity contribution >= 4 is 58.6 Å². The minimum absolute atomic E-state index is 0.00221. The van der Waals surface area contributed by atoms with E-state index < -0.39 is 18.0 Å². The summed E-state index contributed by atoms with van der Waals surface area (Å²) >= 11 is 6.04. The molecule has 0 spiro atoms. The van der Waals surface area contributed by atoms with Gasteiger partial charge in [0.15, 0.2) is 6.10 Å². The number of esters is 4. The monoisotopic (exact) mass is 1140 g/mol. The number of carboxylic acids is 1. The molecule has 1 saturated carbocycles. The van der Waals surface area contributed by atoms with Gasteiger partial charge in [-0.2, -0.15) is 0 Å². The third-order valence-electron chi connectivity index (χ3n) is 15.4. The molecule has 0 radical (unpaired) electrons. The van der Waals surface area contributed by atoms with E-state index in [1.807, 2.05) is 25.1 Å². The summed E-state index contributed by atoms with van der Waals surface area (Å²) in [5.41, 5.74) is 2.62. The molecule has 1 heterocycles. The van der Waals surface area contributed by atoms with Crippen LogP contribution in [0, 0.1) is 11.8 Å². The van der Waals surface area contributed by atoms with Gasteiger partial charge in [0.25, 0.3) is 0 Å². The van der Waals surface area contributed by atoms with Crippen molar-refractivity contribution in [2.24, 2.45) is 11.8 Å². The van der Waals surface area contributed by atoms with Crippen LogP contribution in [0.1, 0.15) is 278 Å². The number of carbonyl (C=O) groups excluding carboxylic acids is 4. The smallest absolute Gasteiger partial charge is 0.306 e. The number of carbonyl (C=O) groups is 5. The lowest BCUT2D eigenvalue weighted by Crippen LogP contribution is -2.42. The average Bonchev–Trinajstić information content (AvgIpc) is 3.48. The van der Waals surface area contributed by atoms with Crippen LogP contribution in [0.4, 0.5) is 17.2 Å². The van der Waals surface area contributed by atoms with Gasteiger partial charge in [-0.05, 0) is 74.0 Å². The fourth-order valence-electron chi connectivity index (χ4n) is 10.7. The molecule has 1 aliphatic carbocycles. The number of hydrogen-bond acceptors (Lipinski definition) is 13. The van der Waals surface area contributed by atoms with Crippen LogP contribution in [-0.4, -0.2) is 82.9 Å². The van der Waals surface area contributed by atoms with Crippen molar-refractivity contribution < 1.29 is 48.0 Å². The Labute approximate surface area is 488 Å². The maximum absolute atomic E-state index is 13.4. The zero-order valence-electron chi connectivity index (χ0n) is 50.6. The van der Waals surface area contributed by atoms with Gasteiger partial charge in [-0.3, -0.25) is 24.0 Å². The number of aliphatic carboxylic acids is 1. The lowest BCUT2D eigenvalue weighted by molar-refractivity contribution is -0.168. The highest BCUT2D eigenvalue weighted by Gasteiger charge is 2.31. The molecule has 14 nitrogen and oxygen atoms in total. The Hall–Kier alpha value is -4.46. The highest BCUT2D eigenvalue weighted by atomic mass is 35.5. The standard InChI is InChI=1S/C65H107ClN4O10/c1-7-9-11-13-15-17-19-21-23-25-27-29-31-33-62(73)77-48-56(49-78-63(74)34-32-30-28-26-24-22-20-18-16-14-12-10-8-2)80-65(76)42-51(5)41-64(75)79-55-38-36-54(37-39-55)70(47-50(3)4)58-40-35-53(52(6)43-61(71)72)44-57(58)69-60-46-67-59(66)45-68-60/h35,40,44-46,50-52,54-56H,7-34,36-39,41-43,47-49H2,1-6H3,(H,68,69)(H,71,72). The summed E-state index contributed by atoms with van der Waals surface area (Å²) in [6.07, 6.45) is 36.7. The first-order chi connectivity index (χ1) is 38.7. The maximum atomic E-state index is 13.4. The molecular weight excluding hydrogens is 1030 g/mol. The zero-order valence-corrected chi connectivity index (χ0v) is 51.3. The van der Waals surface area contributed by atoms with Crippen LogP contribution in [0.2, 0.25) is 5.15 Å². The van der Waals surface area contributed by atoms with E-state index in [2.05, 4.69) is 47.9 Å². The normalized spacial score (nSPS) is 15.1. The number of hydrogen-bond donors (Lipinski definition) is 2. The molecule has 1 aromatic carbocycles. The molecule has 15 heteroatoms. The number of ether oxygens (including phenoxy) is 4. The average molecular weight is 1140 g/mol. The summed E-state index contributed by atoms with van der Waals surface area (Å²) in [4.78, 5) is 75.0. The van der Waals surface area contributed by atoms with E-state index in [0.717, 1.165) is 74.8 Å². The Morgan fingerprint density at radius 3 is 1.54 bits per heavy atom. The topological polar surface area (TPSA) is 184 Å². The van der Waals surface area contributed by atoms with E-state index in [1.54, 1.807) is 13.1 Å². The fraction of sp³-hybridized carbons (Fsp3) is 0.769. The summed E-state index contributed by atoms with van der Waals surface area (Å²) in [5.74, 6) is -2.31. The van der Waals surface area contributed by atoms with Gasteiger partial charge in [0.05, 0.1) is 30.2 Å². The van der Waals surface area contributed by atoms with Crippen LogP contribution < -0.4 is 10.2 Å². The van der Waals surface area contributed by atoms with Crippen molar-refractivity contribution in [3.63, 3.8) is 0 Å². The molecule has 2 atom stereocenters. The number of nitrogens with zero attached hydrogens (tertiary/aromatic N) is 3. The van der Waals surface area contributed by atoms with Gasteiger partial charge in [-0.1, -0.05) is 213 Å². The van der Waals surface area contributed by atoms with Crippen molar-refractivity contribution in [3.05, 3.63) is 41.3 Å². The van der Waals surface area contributed by atoms with Crippen LogP contribution in [0.3, 0.4) is 0 Å². The summed E-state index contributed by atoms with van der Waals surface area (Å²) in [6, 6.07) is 6.17. The van der Waals surface area contributed by atoms with Crippen LogP contribution in [-0.2, 0) is 42.9 Å². The number of rotatable bonds is 47. The zero-order chi connectivity index (χ0) is 58.2. The van der Waals surface area contributed by atoms with Crippen LogP contribution in [0.15, 0.2) is 30.6 Å². The fourth-order valence-corrected chi connectivity index (χ4v) is 10.8. The first kappa shape index (κ1) is 69.8. The third kappa shape index (κ3) is 32.8. The first-order valence-electron chi connectivity index (χ1n) is 31.7. The lowest BCUT2D eigenvalue weighted by Gasteiger charge is -2.40. The first-order valence-corrected chi connectivity index (χ1v) is 32.1. The molecule has 1 aliphatic rings. The molecule has 2 unspecified atom stereocenters. The van der Waals surface area contributed by atoms with Crippen molar-refractivity contribution in [1.82, 2.24) is 9.97 Å². The summed E-state index contributed by atoms with van der Waals surface area (Å²) in [7, 11) is 0. The molecule has 80 heavy (non-hydrogen) atoms. The SMILES string of the molecule is CCCCCCCCCCCCCCCC(=O)OCC(COC(=O)CCCCCCCCCCCCCCC)OC(=O)CC(C)CC(=O)OC1CCC(N(CC(C)C)c2ccc(C(C)CC(=O)O)cc2Nc2cnc(Cl)cn2)CC1.